The highest BCUT2D eigenvalue weighted by molar-refractivity contribution is 7.07. The topological polar surface area (TPSA) is 0 Å². The van der Waals surface area contributed by atoms with Gasteiger partial charge in [0.1, 0.15) is 8.07 Å². The summed E-state index contributed by atoms with van der Waals surface area (Å²) >= 11 is 0. The highest BCUT2D eigenvalue weighted by Crippen LogP contribution is 2.51. The number of benzene rings is 2. The first kappa shape index (κ1) is 18.7. The third-order valence-corrected chi connectivity index (χ3v) is 10.2. The molecule has 0 fully saturated rings. The highest BCUT2D eigenvalue weighted by Gasteiger charge is 2.45. The Morgan fingerprint density at radius 1 is 0.852 bits per heavy atom. The average molecular weight is 374 g/mol. The van der Waals surface area contributed by atoms with E-state index in [-0.39, 0.29) is 0 Å². The van der Waals surface area contributed by atoms with Crippen LogP contribution in [0.3, 0.4) is 0 Å². The number of fused-ring (bicyclic) bond motifs is 1. The molecule has 0 unspecified atom stereocenters. The first-order valence-electron chi connectivity index (χ1n) is 10.8. The Morgan fingerprint density at radius 2 is 1.59 bits per heavy atom. The van der Waals surface area contributed by atoms with Gasteiger partial charge in [-0.2, -0.15) is 0 Å². The van der Waals surface area contributed by atoms with Crippen molar-refractivity contribution in [2.45, 2.75) is 71.9 Å². The molecule has 0 nitrogen and oxygen atoms in total. The maximum absolute atomic E-state index is 2.56. The van der Waals surface area contributed by atoms with E-state index in [1.807, 2.05) is 0 Å². The van der Waals surface area contributed by atoms with Crippen LogP contribution in [0.4, 0.5) is 0 Å². The monoisotopic (exact) mass is 373 g/mol. The predicted molar refractivity (Wildman–Crippen MR) is 122 cm³/mol. The maximum Gasteiger partial charge on any atom is 0.113 e. The van der Waals surface area contributed by atoms with Crippen molar-refractivity contribution < 1.29 is 0 Å². The van der Waals surface area contributed by atoms with Crippen LogP contribution in [0.25, 0.3) is 16.3 Å². The van der Waals surface area contributed by atoms with Crippen molar-refractivity contribution >= 4 is 18.5 Å². The Bertz CT molecular complexity index is 881. The first-order valence-corrected chi connectivity index (χ1v) is 13.8. The normalized spacial score (nSPS) is 16.7. The van der Waals surface area contributed by atoms with E-state index in [9.17, 15) is 0 Å². The van der Waals surface area contributed by atoms with Crippen LogP contribution in [0.1, 0.15) is 75.5 Å². The lowest BCUT2D eigenvalue weighted by molar-refractivity contribution is 0.667. The minimum Gasteiger partial charge on any atom is -0.0654 e. The molecule has 27 heavy (non-hydrogen) atoms. The molecule has 4 rings (SSSR count). The molecule has 1 aliphatic heterocycles. The van der Waals surface area contributed by atoms with E-state index in [1.165, 1.54) is 48.8 Å². The van der Waals surface area contributed by atoms with Gasteiger partial charge < -0.3 is 0 Å². The summed E-state index contributed by atoms with van der Waals surface area (Å²) in [4.78, 5) is 0. The number of unbranched alkanes of at least 4 members (excludes halogenated alkanes) is 3. The molecule has 2 aromatic rings. The Kier molecular flexibility index (Phi) is 4.92. The summed E-state index contributed by atoms with van der Waals surface area (Å²) in [5.74, 6) is 0.592. The van der Waals surface area contributed by atoms with E-state index >= 15 is 0 Å². The SMILES string of the molecule is CCCCCCC1=C2c3c(ccc(c3-c3ccc(C(C)C)cc3)[Si]2(C)C)[CH]1. The molecule has 2 aliphatic rings. The summed E-state index contributed by atoms with van der Waals surface area (Å²) in [6.45, 7) is 12.0. The number of hydrogen-bond donors (Lipinski definition) is 0. The molecule has 1 heteroatoms. The highest BCUT2D eigenvalue weighted by atomic mass is 28.3. The van der Waals surface area contributed by atoms with E-state index in [4.69, 9.17) is 0 Å². The van der Waals surface area contributed by atoms with Gasteiger partial charge in [0.25, 0.3) is 0 Å². The fourth-order valence-electron chi connectivity index (χ4n) is 5.07. The molecule has 0 N–H and O–H groups in total. The molecule has 2 bridgehead atoms. The lowest BCUT2D eigenvalue weighted by Crippen LogP contribution is -2.39. The van der Waals surface area contributed by atoms with Crippen molar-refractivity contribution in [3.05, 3.63) is 65.1 Å². The minimum absolute atomic E-state index is 0.592. The van der Waals surface area contributed by atoms with Gasteiger partial charge in [0, 0.05) is 6.42 Å². The third-order valence-electron chi connectivity index (χ3n) is 6.60. The Balaban J connectivity index is 1.75. The van der Waals surface area contributed by atoms with Crippen LogP contribution < -0.4 is 5.19 Å². The fourth-order valence-corrected chi connectivity index (χ4v) is 8.63. The van der Waals surface area contributed by atoms with Crippen LogP contribution in [-0.4, -0.2) is 8.07 Å². The summed E-state index contributed by atoms with van der Waals surface area (Å²) in [7, 11) is -1.59. The van der Waals surface area contributed by atoms with Gasteiger partial charge in [-0.1, -0.05) is 95.1 Å². The van der Waals surface area contributed by atoms with Crippen molar-refractivity contribution in [3.8, 4) is 11.1 Å². The molecule has 0 spiro atoms. The number of allylic oxidation sites excluding steroid dienone is 1. The lowest BCUT2D eigenvalue weighted by atomic mass is 9.94. The summed E-state index contributed by atoms with van der Waals surface area (Å²) in [6, 6.07) is 14.2. The second-order valence-corrected chi connectivity index (χ2v) is 13.5. The second-order valence-electron chi connectivity index (χ2n) is 9.21. The Morgan fingerprint density at radius 3 is 2.26 bits per heavy atom. The van der Waals surface area contributed by atoms with E-state index < -0.39 is 8.07 Å². The molecule has 0 atom stereocenters. The van der Waals surface area contributed by atoms with Gasteiger partial charge in [-0.25, -0.2) is 0 Å². The lowest BCUT2D eigenvalue weighted by Gasteiger charge is -2.22. The standard InChI is InChI=1S/C26H33Si/c1-6-7-8-9-10-22-17-21-15-16-23-24(25(21)26(22)27(23,4)5)20-13-11-19(12-14-20)18(2)3/h11-18H,6-10H2,1-5H3. The van der Waals surface area contributed by atoms with Crippen molar-refractivity contribution in [1.29, 1.82) is 0 Å². The molecular formula is C26H33Si. The molecule has 1 heterocycles. The van der Waals surface area contributed by atoms with Gasteiger partial charge in [0.2, 0.25) is 0 Å². The number of hydrogen-bond acceptors (Lipinski definition) is 0. The third kappa shape index (κ3) is 3.04. The van der Waals surface area contributed by atoms with E-state index in [0.29, 0.717) is 5.92 Å². The summed E-state index contributed by atoms with van der Waals surface area (Å²) in [5.41, 5.74) is 9.12. The molecule has 141 valence electrons. The number of rotatable bonds is 7. The fraction of sp³-hybridized carbons (Fsp3) is 0.423. The molecular weight excluding hydrogens is 340 g/mol. The molecule has 0 saturated heterocycles. The summed E-state index contributed by atoms with van der Waals surface area (Å²) < 4.78 is 0. The van der Waals surface area contributed by atoms with Crippen molar-refractivity contribution in [1.82, 2.24) is 0 Å². The van der Waals surface area contributed by atoms with Gasteiger partial charge in [0.15, 0.2) is 0 Å². The van der Waals surface area contributed by atoms with Crippen LogP contribution in [-0.2, 0) is 0 Å². The zero-order valence-electron chi connectivity index (χ0n) is 17.7. The Labute approximate surface area is 166 Å². The average Bonchev–Trinajstić information content (AvgIpc) is 3.10. The molecule has 0 amide bonds. The molecule has 0 aromatic heterocycles. The quantitative estimate of drug-likeness (QED) is 0.354. The largest absolute Gasteiger partial charge is 0.113 e. The van der Waals surface area contributed by atoms with E-state index in [1.54, 1.807) is 27.1 Å². The first-order chi connectivity index (χ1) is 12.9. The van der Waals surface area contributed by atoms with E-state index in [2.05, 4.69) is 76.7 Å². The molecule has 1 radical (unpaired) electrons. The van der Waals surface area contributed by atoms with Gasteiger partial charge >= 0.3 is 0 Å². The zero-order valence-corrected chi connectivity index (χ0v) is 18.7. The van der Waals surface area contributed by atoms with Gasteiger partial charge in [0.05, 0.1) is 0 Å². The molecule has 0 saturated carbocycles. The second kappa shape index (κ2) is 7.09. The van der Waals surface area contributed by atoms with Crippen LogP contribution >= 0.6 is 0 Å². The van der Waals surface area contributed by atoms with Crippen LogP contribution in [0, 0.1) is 6.42 Å². The van der Waals surface area contributed by atoms with Crippen LogP contribution in [0.2, 0.25) is 13.1 Å². The smallest absolute Gasteiger partial charge is 0.0654 e. The summed E-state index contributed by atoms with van der Waals surface area (Å²) in [5, 5.41) is 3.39. The van der Waals surface area contributed by atoms with Crippen molar-refractivity contribution in [3.63, 3.8) is 0 Å². The van der Waals surface area contributed by atoms with Gasteiger partial charge in [-0.15, -0.1) is 0 Å². The zero-order chi connectivity index (χ0) is 19.2. The minimum atomic E-state index is -1.59. The van der Waals surface area contributed by atoms with Crippen molar-refractivity contribution in [2.75, 3.05) is 0 Å². The van der Waals surface area contributed by atoms with Gasteiger partial charge in [-0.3, -0.25) is 0 Å². The summed E-state index contributed by atoms with van der Waals surface area (Å²) in [6.07, 6.45) is 9.17. The molecule has 1 aliphatic carbocycles. The van der Waals surface area contributed by atoms with Gasteiger partial charge in [-0.05, 0) is 57.0 Å². The van der Waals surface area contributed by atoms with Crippen molar-refractivity contribution in [2.24, 2.45) is 0 Å². The Hall–Kier alpha value is -1.60. The maximum atomic E-state index is 2.56. The van der Waals surface area contributed by atoms with Crippen LogP contribution in [0.15, 0.2) is 42.0 Å². The predicted octanol–water partition coefficient (Wildman–Crippen LogP) is 7.24. The van der Waals surface area contributed by atoms with E-state index in [0.717, 1.165) is 0 Å². The van der Waals surface area contributed by atoms with Crippen LogP contribution in [0.5, 0.6) is 0 Å². The molecule has 2 aromatic carbocycles.